The molecule has 4 heteroatoms. The number of rotatable bonds is 6. The van der Waals surface area contributed by atoms with Crippen molar-refractivity contribution >= 4 is 5.97 Å². The van der Waals surface area contributed by atoms with Gasteiger partial charge in [-0.3, -0.25) is 0 Å². The van der Waals surface area contributed by atoms with Gasteiger partial charge in [0.05, 0.1) is 19.8 Å². The van der Waals surface area contributed by atoms with Gasteiger partial charge < -0.3 is 14.2 Å². The van der Waals surface area contributed by atoms with Crippen LogP contribution < -0.4 is 9.47 Å². The Morgan fingerprint density at radius 3 is 1.58 bits per heavy atom. The summed E-state index contributed by atoms with van der Waals surface area (Å²) in [5.41, 5.74) is 2.24. The third kappa shape index (κ3) is 4.03. The number of hydrogen-bond acceptors (Lipinski definition) is 4. The maximum absolute atomic E-state index is 12.6. The first-order chi connectivity index (χ1) is 12.7. The zero-order chi connectivity index (χ0) is 18.4. The molecule has 0 saturated carbocycles. The van der Waals surface area contributed by atoms with Gasteiger partial charge in [0.25, 0.3) is 0 Å². The minimum absolute atomic E-state index is 0.373. The monoisotopic (exact) mass is 348 g/mol. The van der Waals surface area contributed by atoms with Crippen LogP contribution in [-0.2, 0) is 4.74 Å². The van der Waals surface area contributed by atoms with E-state index in [1.54, 1.807) is 26.4 Å². The van der Waals surface area contributed by atoms with Crippen molar-refractivity contribution in [2.75, 3.05) is 14.2 Å². The second-order valence-electron chi connectivity index (χ2n) is 5.70. The molecule has 132 valence electrons. The Balaban J connectivity index is 1.93. The zero-order valence-corrected chi connectivity index (χ0v) is 14.7. The van der Waals surface area contributed by atoms with Crippen molar-refractivity contribution in [3.63, 3.8) is 0 Å². The molecule has 0 spiro atoms. The summed E-state index contributed by atoms with van der Waals surface area (Å²) in [5.74, 6) is 1.12. The summed E-state index contributed by atoms with van der Waals surface area (Å²) in [6, 6.07) is 23.9. The molecule has 0 bridgehead atoms. The van der Waals surface area contributed by atoms with Crippen LogP contribution in [0.15, 0.2) is 78.9 Å². The predicted molar refractivity (Wildman–Crippen MR) is 99.7 cm³/mol. The fourth-order valence-corrected chi connectivity index (χ4v) is 2.64. The molecule has 3 aromatic rings. The van der Waals surface area contributed by atoms with Crippen molar-refractivity contribution in [2.45, 2.75) is 6.10 Å². The van der Waals surface area contributed by atoms with Gasteiger partial charge in [0, 0.05) is 0 Å². The summed E-state index contributed by atoms with van der Waals surface area (Å²) in [6.45, 7) is 0. The van der Waals surface area contributed by atoms with Crippen LogP contribution in [0.1, 0.15) is 27.6 Å². The van der Waals surface area contributed by atoms with Crippen LogP contribution in [0.2, 0.25) is 0 Å². The Bertz CT molecular complexity index is 792. The maximum atomic E-state index is 12.6. The molecule has 3 rings (SSSR count). The van der Waals surface area contributed by atoms with Crippen LogP contribution in [-0.4, -0.2) is 20.2 Å². The quantitative estimate of drug-likeness (QED) is 0.608. The Morgan fingerprint density at radius 1 is 0.692 bits per heavy atom. The van der Waals surface area contributed by atoms with Crippen molar-refractivity contribution in [3.8, 4) is 11.5 Å². The summed E-state index contributed by atoms with van der Waals surface area (Å²) >= 11 is 0. The lowest BCUT2D eigenvalue weighted by atomic mass is 10.0. The van der Waals surface area contributed by atoms with Crippen LogP contribution in [0.5, 0.6) is 11.5 Å². The van der Waals surface area contributed by atoms with Crippen molar-refractivity contribution in [1.29, 1.82) is 0 Å². The van der Waals surface area contributed by atoms with Crippen LogP contribution in [0.3, 0.4) is 0 Å². The van der Waals surface area contributed by atoms with Gasteiger partial charge in [-0.2, -0.15) is 0 Å². The summed E-state index contributed by atoms with van der Waals surface area (Å²) in [6.07, 6.45) is -0.528. The molecule has 0 radical (unpaired) electrons. The van der Waals surface area contributed by atoms with Gasteiger partial charge in [0.15, 0.2) is 6.10 Å². The summed E-state index contributed by atoms with van der Waals surface area (Å²) in [4.78, 5) is 12.6. The average Bonchev–Trinajstić information content (AvgIpc) is 2.73. The maximum Gasteiger partial charge on any atom is 0.339 e. The number of hydrogen-bond donors (Lipinski definition) is 0. The number of ether oxygens (including phenoxy) is 3. The number of carbonyl (C=O) groups is 1. The second-order valence-corrected chi connectivity index (χ2v) is 5.70. The van der Waals surface area contributed by atoms with Crippen molar-refractivity contribution in [3.05, 3.63) is 95.6 Å². The van der Waals surface area contributed by atoms with E-state index < -0.39 is 6.10 Å². The topological polar surface area (TPSA) is 44.8 Å². The molecule has 0 unspecified atom stereocenters. The standard InChI is InChI=1S/C22H20O4/c1-24-19-12-8-16(9-13-19)21(17-10-14-20(25-2)15-11-17)26-22(23)18-6-4-3-5-7-18/h3-15,21H,1-2H3. The van der Waals surface area contributed by atoms with Crippen molar-refractivity contribution < 1.29 is 19.0 Å². The van der Waals surface area contributed by atoms with E-state index in [2.05, 4.69) is 0 Å². The van der Waals surface area contributed by atoms with Crippen LogP contribution >= 0.6 is 0 Å². The summed E-state index contributed by atoms with van der Waals surface area (Å²) in [7, 11) is 3.23. The molecule has 0 aliphatic carbocycles. The van der Waals surface area contributed by atoms with Crippen molar-refractivity contribution in [1.82, 2.24) is 0 Å². The third-order valence-electron chi connectivity index (χ3n) is 4.07. The molecule has 0 aromatic heterocycles. The zero-order valence-electron chi connectivity index (χ0n) is 14.7. The fourth-order valence-electron chi connectivity index (χ4n) is 2.64. The molecule has 0 saturated heterocycles. The first-order valence-corrected chi connectivity index (χ1v) is 8.25. The van der Waals surface area contributed by atoms with Crippen LogP contribution in [0.4, 0.5) is 0 Å². The van der Waals surface area contributed by atoms with E-state index >= 15 is 0 Å². The lowest BCUT2D eigenvalue weighted by molar-refractivity contribution is 0.0378. The van der Waals surface area contributed by atoms with Crippen LogP contribution in [0.25, 0.3) is 0 Å². The van der Waals surface area contributed by atoms with Gasteiger partial charge in [-0.15, -0.1) is 0 Å². The third-order valence-corrected chi connectivity index (χ3v) is 4.07. The molecular weight excluding hydrogens is 328 g/mol. The second kappa shape index (κ2) is 8.21. The molecule has 4 nitrogen and oxygen atoms in total. The summed E-state index contributed by atoms with van der Waals surface area (Å²) in [5, 5.41) is 0. The molecule has 0 aliphatic heterocycles. The van der Waals surface area contributed by atoms with Gasteiger partial charge in [-0.1, -0.05) is 42.5 Å². The van der Waals surface area contributed by atoms with Crippen LogP contribution in [0, 0.1) is 0 Å². The average molecular weight is 348 g/mol. The number of methoxy groups -OCH3 is 2. The smallest absolute Gasteiger partial charge is 0.339 e. The number of carbonyl (C=O) groups excluding carboxylic acids is 1. The van der Waals surface area contributed by atoms with Gasteiger partial charge in [-0.05, 0) is 47.5 Å². The van der Waals surface area contributed by atoms with E-state index in [9.17, 15) is 4.79 Å². The fraction of sp³-hybridized carbons (Fsp3) is 0.136. The first kappa shape index (κ1) is 17.5. The highest BCUT2D eigenvalue weighted by atomic mass is 16.5. The molecule has 0 fully saturated rings. The first-order valence-electron chi connectivity index (χ1n) is 8.25. The van der Waals surface area contributed by atoms with E-state index in [1.165, 1.54) is 0 Å². The Labute approximate surface area is 153 Å². The Kier molecular flexibility index (Phi) is 5.54. The lowest BCUT2D eigenvalue weighted by Gasteiger charge is -2.19. The van der Waals surface area contributed by atoms with Gasteiger partial charge in [-0.25, -0.2) is 4.79 Å². The molecule has 26 heavy (non-hydrogen) atoms. The number of esters is 1. The lowest BCUT2D eigenvalue weighted by Crippen LogP contribution is -2.13. The Morgan fingerprint density at radius 2 is 1.15 bits per heavy atom. The molecule has 0 N–H and O–H groups in total. The van der Waals surface area contributed by atoms with E-state index in [1.807, 2.05) is 66.7 Å². The largest absolute Gasteiger partial charge is 0.497 e. The molecule has 0 aliphatic rings. The van der Waals surface area contributed by atoms with Gasteiger partial charge >= 0.3 is 5.97 Å². The molecule has 0 amide bonds. The highest BCUT2D eigenvalue weighted by molar-refractivity contribution is 5.89. The van der Waals surface area contributed by atoms with E-state index in [0.717, 1.165) is 22.6 Å². The van der Waals surface area contributed by atoms with Crippen molar-refractivity contribution in [2.24, 2.45) is 0 Å². The molecule has 3 aromatic carbocycles. The molecular formula is C22H20O4. The van der Waals surface area contributed by atoms with Gasteiger partial charge in [0.1, 0.15) is 11.5 Å². The summed E-state index contributed by atoms with van der Waals surface area (Å²) < 4.78 is 16.3. The number of benzene rings is 3. The minimum Gasteiger partial charge on any atom is -0.497 e. The Hall–Kier alpha value is -3.27. The molecule has 0 atom stereocenters. The van der Waals surface area contributed by atoms with E-state index in [0.29, 0.717) is 5.56 Å². The van der Waals surface area contributed by atoms with E-state index in [4.69, 9.17) is 14.2 Å². The van der Waals surface area contributed by atoms with Gasteiger partial charge in [0.2, 0.25) is 0 Å². The highest BCUT2D eigenvalue weighted by Gasteiger charge is 2.20. The minimum atomic E-state index is -0.528. The predicted octanol–water partition coefficient (Wildman–Crippen LogP) is 4.65. The SMILES string of the molecule is COc1ccc(C(OC(=O)c2ccccc2)c2ccc(OC)cc2)cc1. The molecule has 0 heterocycles. The highest BCUT2D eigenvalue weighted by Crippen LogP contribution is 2.29. The normalized spacial score (nSPS) is 10.4. The van der Waals surface area contributed by atoms with E-state index in [-0.39, 0.29) is 5.97 Å².